The molecule has 0 unspecified atom stereocenters. The van der Waals surface area contributed by atoms with E-state index < -0.39 is 0 Å². The molecule has 1 heterocycles. The zero-order valence-corrected chi connectivity index (χ0v) is 15.1. The molecule has 1 fully saturated rings. The predicted octanol–water partition coefficient (Wildman–Crippen LogP) is 1.50. The van der Waals surface area contributed by atoms with Gasteiger partial charge in [0.05, 0.1) is 26.9 Å². The molecule has 0 saturated carbocycles. The summed E-state index contributed by atoms with van der Waals surface area (Å²) >= 11 is 0. The van der Waals surface area contributed by atoms with E-state index in [4.69, 9.17) is 14.2 Å². The molecule has 7 heteroatoms. The number of nitrogens with one attached hydrogen (secondary N) is 1. The first-order valence-corrected chi connectivity index (χ1v) is 8.42. The maximum Gasteiger partial charge on any atom is 0.223 e. The third-order valence-corrected chi connectivity index (χ3v) is 4.26. The molecule has 1 aromatic carbocycles. The second-order valence-electron chi connectivity index (χ2n) is 5.81. The zero-order valence-electron chi connectivity index (χ0n) is 15.1. The summed E-state index contributed by atoms with van der Waals surface area (Å²) in [5.41, 5.74) is 0.394. The van der Waals surface area contributed by atoms with E-state index in [0.29, 0.717) is 29.4 Å². The number of carbonyl (C=O) groups is 2. The van der Waals surface area contributed by atoms with E-state index in [2.05, 4.69) is 5.32 Å². The van der Waals surface area contributed by atoms with Gasteiger partial charge in [-0.1, -0.05) is 0 Å². The Morgan fingerprint density at radius 1 is 0.960 bits per heavy atom. The van der Waals surface area contributed by atoms with Crippen LogP contribution in [0.3, 0.4) is 0 Å². The van der Waals surface area contributed by atoms with E-state index in [1.165, 1.54) is 21.3 Å². The quantitative estimate of drug-likeness (QED) is 0.751. The summed E-state index contributed by atoms with van der Waals surface area (Å²) in [6, 6.07) is 3.22. The fraction of sp³-hybridized carbons (Fsp3) is 0.556. The van der Waals surface area contributed by atoms with Crippen molar-refractivity contribution in [2.24, 2.45) is 0 Å². The van der Waals surface area contributed by atoms with Gasteiger partial charge >= 0.3 is 0 Å². The second-order valence-corrected chi connectivity index (χ2v) is 5.81. The summed E-state index contributed by atoms with van der Waals surface area (Å²) in [5, 5.41) is 3.26. The smallest absolute Gasteiger partial charge is 0.223 e. The number of ketones is 1. The van der Waals surface area contributed by atoms with Crippen LogP contribution in [-0.2, 0) is 4.79 Å². The van der Waals surface area contributed by atoms with Crippen LogP contribution in [-0.4, -0.2) is 64.1 Å². The fourth-order valence-electron chi connectivity index (χ4n) is 2.86. The highest BCUT2D eigenvalue weighted by Crippen LogP contribution is 2.35. The molecule has 0 atom stereocenters. The van der Waals surface area contributed by atoms with Crippen molar-refractivity contribution in [2.75, 3.05) is 47.5 Å². The lowest BCUT2D eigenvalue weighted by Gasteiger charge is -2.20. The van der Waals surface area contributed by atoms with E-state index in [1.807, 2.05) is 4.90 Å². The number of amides is 1. The Labute approximate surface area is 148 Å². The first-order chi connectivity index (χ1) is 12.1. The van der Waals surface area contributed by atoms with Crippen molar-refractivity contribution in [3.63, 3.8) is 0 Å². The first kappa shape index (κ1) is 19.1. The van der Waals surface area contributed by atoms with E-state index in [1.54, 1.807) is 12.1 Å². The number of hydrogen-bond acceptors (Lipinski definition) is 6. The van der Waals surface area contributed by atoms with E-state index >= 15 is 0 Å². The van der Waals surface area contributed by atoms with Crippen molar-refractivity contribution in [1.82, 2.24) is 10.2 Å². The van der Waals surface area contributed by atoms with Gasteiger partial charge in [-0.05, 0) is 19.0 Å². The summed E-state index contributed by atoms with van der Waals surface area (Å²) in [6.45, 7) is 3.14. The standard InChI is InChI=1S/C18H26N2O5/c1-23-15-12-17(25-3)16(24-2)11-13(15)14(21)5-6-18(22)20-9-4-7-19-8-10-20/h11-12,19H,4-10H2,1-3H3. The molecule has 1 aliphatic heterocycles. The number of nitrogens with zero attached hydrogens (tertiary/aromatic N) is 1. The summed E-state index contributed by atoms with van der Waals surface area (Å²) in [7, 11) is 4.52. The third kappa shape index (κ3) is 4.85. The topological polar surface area (TPSA) is 77.1 Å². The average Bonchev–Trinajstić information content (AvgIpc) is 2.94. The minimum Gasteiger partial charge on any atom is -0.496 e. The van der Waals surface area contributed by atoms with Gasteiger partial charge in [0.15, 0.2) is 17.3 Å². The molecule has 0 spiro atoms. The van der Waals surface area contributed by atoms with Crippen LogP contribution in [0.15, 0.2) is 12.1 Å². The highest BCUT2D eigenvalue weighted by molar-refractivity contribution is 6.01. The Morgan fingerprint density at radius 2 is 1.64 bits per heavy atom. The molecular formula is C18H26N2O5. The Hall–Kier alpha value is -2.28. The van der Waals surface area contributed by atoms with Crippen molar-refractivity contribution in [3.8, 4) is 17.2 Å². The van der Waals surface area contributed by atoms with Crippen LogP contribution >= 0.6 is 0 Å². The lowest BCUT2D eigenvalue weighted by atomic mass is 10.0. The van der Waals surface area contributed by atoms with Crippen molar-refractivity contribution in [3.05, 3.63) is 17.7 Å². The summed E-state index contributed by atoms with van der Waals surface area (Å²) in [5.74, 6) is 1.21. The lowest BCUT2D eigenvalue weighted by molar-refractivity contribution is -0.130. The van der Waals surface area contributed by atoms with E-state index in [9.17, 15) is 9.59 Å². The molecule has 1 aromatic rings. The van der Waals surface area contributed by atoms with Crippen LogP contribution in [0.25, 0.3) is 0 Å². The maximum absolute atomic E-state index is 12.6. The van der Waals surface area contributed by atoms with E-state index in [-0.39, 0.29) is 24.5 Å². The molecule has 0 aromatic heterocycles. The van der Waals surface area contributed by atoms with Gasteiger partial charge in [-0.25, -0.2) is 0 Å². The number of benzene rings is 1. The van der Waals surface area contributed by atoms with Crippen molar-refractivity contribution < 1.29 is 23.8 Å². The van der Waals surface area contributed by atoms with Gasteiger partial charge in [0.1, 0.15) is 5.75 Å². The highest BCUT2D eigenvalue weighted by atomic mass is 16.5. The second kappa shape index (κ2) is 9.27. The monoisotopic (exact) mass is 350 g/mol. The molecule has 0 bridgehead atoms. The maximum atomic E-state index is 12.6. The predicted molar refractivity (Wildman–Crippen MR) is 93.7 cm³/mol. The van der Waals surface area contributed by atoms with Gasteiger partial charge in [0.2, 0.25) is 5.91 Å². The molecule has 0 aliphatic carbocycles. The largest absolute Gasteiger partial charge is 0.496 e. The molecule has 0 radical (unpaired) electrons. The number of methoxy groups -OCH3 is 3. The van der Waals surface area contributed by atoms with Gasteiger partial charge in [-0.15, -0.1) is 0 Å². The Kier molecular flexibility index (Phi) is 7.06. The summed E-state index contributed by atoms with van der Waals surface area (Å²) in [6.07, 6.45) is 1.26. The van der Waals surface area contributed by atoms with Crippen molar-refractivity contribution >= 4 is 11.7 Å². The molecule has 138 valence electrons. The highest BCUT2D eigenvalue weighted by Gasteiger charge is 2.20. The fourth-order valence-corrected chi connectivity index (χ4v) is 2.86. The molecule has 25 heavy (non-hydrogen) atoms. The van der Waals surface area contributed by atoms with Crippen molar-refractivity contribution in [1.29, 1.82) is 0 Å². The van der Waals surface area contributed by atoms with Crippen LogP contribution in [0.1, 0.15) is 29.6 Å². The van der Waals surface area contributed by atoms with Crippen LogP contribution in [0, 0.1) is 0 Å². The summed E-state index contributed by atoms with van der Waals surface area (Å²) < 4.78 is 15.8. The number of Topliss-reactive ketones (excluding diaryl/α,β-unsaturated/α-hetero) is 1. The lowest BCUT2D eigenvalue weighted by Crippen LogP contribution is -2.34. The SMILES string of the molecule is COc1cc(OC)c(C(=O)CCC(=O)N2CCCNCC2)cc1OC. The molecule has 2 rings (SSSR count). The van der Waals surface area contributed by atoms with Crippen LogP contribution in [0.2, 0.25) is 0 Å². The molecule has 1 aliphatic rings. The zero-order chi connectivity index (χ0) is 18.2. The van der Waals surface area contributed by atoms with Crippen LogP contribution in [0.5, 0.6) is 17.2 Å². The third-order valence-electron chi connectivity index (χ3n) is 4.26. The Morgan fingerprint density at radius 3 is 2.32 bits per heavy atom. The van der Waals surface area contributed by atoms with Crippen LogP contribution < -0.4 is 19.5 Å². The van der Waals surface area contributed by atoms with Gasteiger partial charge < -0.3 is 24.4 Å². The molecule has 1 saturated heterocycles. The molecule has 1 N–H and O–H groups in total. The van der Waals surface area contributed by atoms with Gasteiger partial charge in [0.25, 0.3) is 0 Å². The van der Waals surface area contributed by atoms with Crippen LogP contribution in [0.4, 0.5) is 0 Å². The Balaban J connectivity index is 2.05. The molecular weight excluding hydrogens is 324 g/mol. The first-order valence-electron chi connectivity index (χ1n) is 8.42. The normalized spacial score (nSPS) is 14.6. The average molecular weight is 350 g/mol. The van der Waals surface area contributed by atoms with Gasteiger partial charge in [-0.2, -0.15) is 0 Å². The number of ether oxygens (including phenoxy) is 3. The van der Waals surface area contributed by atoms with Gasteiger partial charge in [0, 0.05) is 38.5 Å². The van der Waals surface area contributed by atoms with E-state index in [0.717, 1.165) is 26.1 Å². The number of hydrogen-bond donors (Lipinski definition) is 1. The van der Waals surface area contributed by atoms with Crippen molar-refractivity contribution in [2.45, 2.75) is 19.3 Å². The molecule has 7 nitrogen and oxygen atoms in total. The summed E-state index contributed by atoms with van der Waals surface area (Å²) in [4.78, 5) is 26.7. The minimum atomic E-state index is -0.154. The Bertz CT molecular complexity index is 610. The van der Waals surface area contributed by atoms with Gasteiger partial charge in [-0.3, -0.25) is 9.59 Å². The number of carbonyl (C=O) groups excluding carboxylic acids is 2. The molecule has 1 amide bonds. The number of rotatable bonds is 7. The minimum absolute atomic E-state index is 0.0106.